The van der Waals surface area contributed by atoms with E-state index in [2.05, 4.69) is 0 Å². The van der Waals surface area contributed by atoms with E-state index in [4.69, 9.17) is 5.11 Å². The average Bonchev–Trinajstić information content (AvgIpc) is 2.26. The number of carboxylic acid groups (broad SMARTS) is 1. The van der Waals surface area contributed by atoms with Gasteiger partial charge in [-0.2, -0.15) is 0 Å². The van der Waals surface area contributed by atoms with Crippen LogP contribution in [0.4, 0.5) is 14.5 Å². The summed E-state index contributed by atoms with van der Waals surface area (Å²) in [6.07, 6.45) is 0.788. The standard InChI is InChI=1S/C14H19F2NO2/c1-8(2)5-9(3)17(4)13-11(15)6-10(14(18)19)7-12(13)16/h6-9H,5H2,1-4H3,(H,18,19). The SMILES string of the molecule is CC(C)CC(C)N(C)c1c(F)cc(C(=O)O)cc1F. The zero-order chi connectivity index (χ0) is 14.7. The molecule has 3 nitrogen and oxygen atoms in total. The van der Waals surface area contributed by atoms with Gasteiger partial charge in [0.2, 0.25) is 0 Å². The van der Waals surface area contributed by atoms with Gasteiger partial charge in [0.05, 0.1) is 5.56 Å². The second-order valence-electron chi connectivity index (χ2n) is 5.18. The summed E-state index contributed by atoms with van der Waals surface area (Å²) >= 11 is 0. The van der Waals surface area contributed by atoms with Gasteiger partial charge in [-0.25, -0.2) is 13.6 Å². The molecule has 0 aromatic heterocycles. The molecule has 1 aromatic carbocycles. The first kappa shape index (κ1) is 15.4. The van der Waals surface area contributed by atoms with Crippen molar-refractivity contribution >= 4 is 11.7 Å². The van der Waals surface area contributed by atoms with Crippen LogP contribution < -0.4 is 4.90 Å². The molecule has 0 saturated carbocycles. The summed E-state index contributed by atoms with van der Waals surface area (Å²) in [5, 5.41) is 8.74. The van der Waals surface area contributed by atoms with E-state index in [0.717, 1.165) is 18.6 Å². The maximum Gasteiger partial charge on any atom is 0.335 e. The molecule has 0 fully saturated rings. The number of halogens is 2. The Hall–Kier alpha value is -1.65. The molecule has 0 spiro atoms. The lowest BCUT2D eigenvalue weighted by molar-refractivity contribution is 0.0696. The van der Waals surface area contributed by atoms with Gasteiger partial charge in [-0.15, -0.1) is 0 Å². The highest BCUT2D eigenvalue weighted by atomic mass is 19.1. The van der Waals surface area contributed by atoms with Crippen molar-refractivity contribution < 1.29 is 18.7 Å². The van der Waals surface area contributed by atoms with Crippen LogP contribution in [0.3, 0.4) is 0 Å². The molecule has 0 bridgehead atoms. The Kier molecular flexibility index (Phi) is 4.86. The molecular weight excluding hydrogens is 252 g/mol. The zero-order valence-electron chi connectivity index (χ0n) is 11.6. The predicted octanol–water partition coefficient (Wildman–Crippen LogP) is 3.53. The van der Waals surface area contributed by atoms with Gasteiger partial charge >= 0.3 is 5.97 Å². The molecule has 19 heavy (non-hydrogen) atoms. The van der Waals surface area contributed by atoms with E-state index in [-0.39, 0.29) is 17.3 Å². The minimum Gasteiger partial charge on any atom is -0.478 e. The van der Waals surface area contributed by atoms with Crippen molar-refractivity contribution in [2.45, 2.75) is 33.2 Å². The second-order valence-corrected chi connectivity index (χ2v) is 5.18. The van der Waals surface area contributed by atoms with Crippen molar-refractivity contribution in [2.24, 2.45) is 5.92 Å². The molecule has 0 amide bonds. The van der Waals surface area contributed by atoms with Gasteiger partial charge < -0.3 is 10.0 Å². The van der Waals surface area contributed by atoms with E-state index in [1.165, 1.54) is 4.90 Å². The highest BCUT2D eigenvalue weighted by Crippen LogP contribution is 2.27. The summed E-state index contributed by atoms with van der Waals surface area (Å²) in [5.74, 6) is -2.64. The fourth-order valence-electron chi connectivity index (χ4n) is 2.09. The van der Waals surface area contributed by atoms with Crippen molar-refractivity contribution in [3.8, 4) is 0 Å². The van der Waals surface area contributed by atoms with Crippen LogP contribution >= 0.6 is 0 Å². The van der Waals surface area contributed by atoms with Gasteiger partial charge in [0.1, 0.15) is 17.3 Å². The van der Waals surface area contributed by atoms with Crippen molar-refractivity contribution in [3.05, 3.63) is 29.3 Å². The third kappa shape index (κ3) is 3.66. The Labute approximate surface area is 111 Å². The molecule has 0 saturated heterocycles. The number of hydrogen-bond acceptors (Lipinski definition) is 2. The van der Waals surface area contributed by atoms with E-state index in [9.17, 15) is 13.6 Å². The first-order valence-electron chi connectivity index (χ1n) is 6.19. The zero-order valence-corrected chi connectivity index (χ0v) is 11.6. The number of benzene rings is 1. The molecule has 0 aliphatic heterocycles. The monoisotopic (exact) mass is 271 g/mol. The van der Waals surface area contributed by atoms with Crippen LogP contribution in [0.1, 0.15) is 37.6 Å². The maximum absolute atomic E-state index is 13.9. The van der Waals surface area contributed by atoms with E-state index >= 15 is 0 Å². The summed E-state index contributed by atoms with van der Waals surface area (Å²) in [6, 6.07) is 1.65. The van der Waals surface area contributed by atoms with Crippen molar-refractivity contribution in [2.75, 3.05) is 11.9 Å². The van der Waals surface area contributed by atoms with E-state index in [1.807, 2.05) is 20.8 Å². The van der Waals surface area contributed by atoms with Crippen molar-refractivity contribution in [3.63, 3.8) is 0 Å². The number of hydrogen-bond donors (Lipinski definition) is 1. The Balaban J connectivity index is 3.10. The fraction of sp³-hybridized carbons (Fsp3) is 0.500. The lowest BCUT2D eigenvalue weighted by Gasteiger charge is -2.29. The lowest BCUT2D eigenvalue weighted by Crippen LogP contribution is -2.31. The Morgan fingerprint density at radius 1 is 1.26 bits per heavy atom. The largest absolute Gasteiger partial charge is 0.478 e. The highest BCUT2D eigenvalue weighted by molar-refractivity contribution is 5.88. The summed E-state index contributed by atoms with van der Waals surface area (Å²) < 4.78 is 27.7. The molecule has 1 unspecified atom stereocenters. The van der Waals surface area contributed by atoms with Crippen LogP contribution in [-0.4, -0.2) is 24.2 Å². The highest BCUT2D eigenvalue weighted by Gasteiger charge is 2.21. The van der Waals surface area contributed by atoms with Crippen molar-refractivity contribution in [1.82, 2.24) is 0 Å². The third-order valence-electron chi connectivity index (χ3n) is 3.09. The number of nitrogens with zero attached hydrogens (tertiary/aromatic N) is 1. The van der Waals surface area contributed by atoms with Gasteiger partial charge in [0, 0.05) is 13.1 Å². The number of aromatic carboxylic acids is 1. The molecule has 1 N–H and O–H groups in total. The number of anilines is 1. The topological polar surface area (TPSA) is 40.5 Å². The lowest BCUT2D eigenvalue weighted by atomic mass is 10.0. The Morgan fingerprint density at radius 3 is 2.11 bits per heavy atom. The number of carboxylic acids is 1. The second kappa shape index (κ2) is 5.99. The van der Waals surface area contributed by atoms with Crippen LogP contribution in [0.5, 0.6) is 0 Å². The average molecular weight is 271 g/mol. The number of carbonyl (C=O) groups is 1. The number of rotatable bonds is 5. The molecule has 1 rings (SSSR count). The molecule has 5 heteroatoms. The quantitative estimate of drug-likeness (QED) is 0.890. The van der Waals surface area contributed by atoms with Crippen LogP contribution in [-0.2, 0) is 0 Å². The van der Waals surface area contributed by atoms with Crippen LogP contribution in [0, 0.1) is 17.6 Å². The fourth-order valence-corrected chi connectivity index (χ4v) is 2.09. The molecular formula is C14H19F2NO2. The van der Waals surface area contributed by atoms with Gasteiger partial charge in [-0.3, -0.25) is 0 Å². The minimum atomic E-state index is -1.35. The van der Waals surface area contributed by atoms with Crippen LogP contribution in [0.25, 0.3) is 0 Å². The molecule has 0 radical (unpaired) electrons. The van der Waals surface area contributed by atoms with Crippen molar-refractivity contribution in [1.29, 1.82) is 0 Å². The summed E-state index contributed by atoms with van der Waals surface area (Å²) in [5.41, 5.74) is -0.568. The molecule has 106 valence electrons. The Bertz CT molecular complexity index is 452. The van der Waals surface area contributed by atoms with E-state index in [0.29, 0.717) is 5.92 Å². The molecule has 0 aliphatic carbocycles. The summed E-state index contributed by atoms with van der Waals surface area (Å²) in [7, 11) is 1.61. The summed E-state index contributed by atoms with van der Waals surface area (Å²) in [4.78, 5) is 12.2. The van der Waals surface area contributed by atoms with E-state index in [1.54, 1.807) is 7.05 Å². The van der Waals surface area contributed by atoms with Gasteiger partial charge in [-0.1, -0.05) is 13.8 Å². The first-order chi connectivity index (χ1) is 8.73. The third-order valence-corrected chi connectivity index (χ3v) is 3.09. The van der Waals surface area contributed by atoms with Crippen LogP contribution in [0.2, 0.25) is 0 Å². The summed E-state index contributed by atoms with van der Waals surface area (Å²) in [6.45, 7) is 5.94. The molecule has 0 aliphatic rings. The molecule has 0 heterocycles. The van der Waals surface area contributed by atoms with Crippen LogP contribution in [0.15, 0.2) is 12.1 Å². The predicted molar refractivity (Wildman–Crippen MR) is 70.6 cm³/mol. The maximum atomic E-state index is 13.9. The molecule has 1 aromatic rings. The Morgan fingerprint density at radius 2 is 1.74 bits per heavy atom. The smallest absolute Gasteiger partial charge is 0.335 e. The van der Waals surface area contributed by atoms with Gasteiger partial charge in [-0.05, 0) is 31.4 Å². The van der Waals surface area contributed by atoms with Gasteiger partial charge in [0.25, 0.3) is 0 Å². The minimum absolute atomic E-state index is 0.0420. The van der Waals surface area contributed by atoms with E-state index < -0.39 is 17.6 Å². The normalized spacial score (nSPS) is 12.6. The first-order valence-corrected chi connectivity index (χ1v) is 6.19. The van der Waals surface area contributed by atoms with Gasteiger partial charge in [0.15, 0.2) is 0 Å². The molecule has 1 atom stereocenters.